The van der Waals surface area contributed by atoms with E-state index in [1.165, 1.54) is 0 Å². The molecule has 0 radical (unpaired) electrons. The molecule has 1 saturated carbocycles. The fraction of sp³-hybridized carbons (Fsp3) is 0.524. The van der Waals surface area contributed by atoms with Gasteiger partial charge in [0.15, 0.2) is 0 Å². The monoisotopic (exact) mass is 352 g/mol. The van der Waals surface area contributed by atoms with Gasteiger partial charge in [0.05, 0.1) is 22.6 Å². The van der Waals surface area contributed by atoms with Crippen molar-refractivity contribution >= 4 is 5.91 Å². The molecule has 5 heteroatoms. The van der Waals surface area contributed by atoms with Crippen molar-refractivity contribution in [3.05, 3.63) is 47.3 Å². The first-order valence-corrected chi connectivity index (χ1v) is 9.72. The van der Waals surface area contributed by atoms with Crippen LogP contribution in [0.15, 0.2) is 30.3 Å². The number of rotatable bonds is 4. The highest BCUT2D eigenvalue weighted by Crippen LogP contribution is 2.43. The summed E-state index contributed by atoms with van der Waals surface area (Å²) < 4.78 is 2.02. The van der Waals surface area contributed by atoms with Crippen LogP contribution in [-0.4, -0.2) is 58.7 Å². The Hall–Kier alpha value is -2.14. The van der Waals surface area contributed by atoms with E-state index in [1.54, 1.807) is 0 Å². The van der Waals surface area contributed by atoms with E-state index >= 15 is 0 Å². The fourth-order valence-corrected chi connectivity index (χ4v) is 3.78. The maximum absolute atomic E-state index is 13.5. The zero-order valence-electron chi connectivity index (χ0n) is 16.0. The van der Waals surface area contributed by atoms with Gasteiger partial charge in [-0.05, 0) is 37.9 Å². The van der Waals surface area contributed by atoms with Gasteiger partial charge in [-0.3, -0.25) is 4.79 Å². The van der Waals surface area contributed by atoms with E-state index in [0.717, 1.165) is 61.7 Å². The molecular formula is C21H28N4O. The third-order valence-corrected chi connectivity index (χ3v) is 5.46. The zero-order chi connectivity index (χ0) is 18.3. The summed E-state index contributed by atoms with van der Waals surface area (Å²) in [5.74, 6) is 0.858. The zero-order valence-corrected chi connectivity index (χ0v) is 16.0. The number of benzene rings is 1. The number of likely N-dealkylation sites (N-methyl/N-ethyl adjacent to an activating group) is 1. The van der Waals surface area contributed by atoms with Crippen LogP contribution in [0.5, 0.6) is 0 Å². The predicted molar refractivity (Wildman–Crippen MR) is 103 cm³/mol. The summed E-state index contributed by atoms with van der Waals surface area (Å²) in [6.45, 7) is 7.80. The van der Waals surface area contributed by atoms with Gasteiger partial charge in [0.25, 0.3) is 5.91 Å². The Bertz CT molecular complexity index is 784. The molecule has 1 aliphatic carbocycles. The molecule has 1 amide bonds. The number of piperazine rings is 1. The lowest BCUT2D eigenvalue weighted by Crippen LogP contribution is -2.47. The summed E-state index contributed by atoms with van der Waals surface area (Å²) >= 11 is 0. The summed E-state index contributed by atoms with van der Waals surface area (Å²) in [5.41, 5.74) is 3.98. The molecule has 1 saturated heterocycles. The molecule has 2 fully saturated rings. The van der Waals surface area contributed by atoms with E-state index in [-0.39, 0.29) is 11.8 Å². The minimum absolute atomic E-state index is 0.172. The Morgan fingerprint density at radius 3 is 2.31 bits per heavy atom. The van der Waals surface area contributed by atoms with Crippen molar-refractivity contribution in [1.29, 1.82) is 0 Å². The molecule has 0 N–H and O–H groups in total. The molecule has 5 nitrogen and oxygen atoms in total. The Morgan fingerprint density at radius 2 is 1.73 bits per heavy atom. The lowest BCUT2D eigenvalue weighted by atomic mass is 10.00. The Balaban J connectivity index is 1.79. The molecule has 2 heterocycles. The van der Waals surface area contributed by atoms with Crippen molar-refractivity contribution in [3.8, 4) is 5.69 Å². The molecule has 4 rings (SSSR count). The maximum Gasteiger partial charge on any atom is 0.257 e. The molecule has 0 spiro atoms. The average Bonchev–Trinajstić information content (AvgIpc) is 3.41. The van der Waals surface area contributed by atoms with E-state index in [1.807, 2.05) is 27.8 Å². The number of carbonyl (C=O) groups excluding carboxylic acids is 1. The molecule has 2 aromatic rings. The smallest absolute Gasteiger partial charge is 0.257 e. The first-order valence-electron chi connectivity index (χ1n) is 9.72. The number of para-hydroxylation sites is 1. The second kappa shape index (κ2) is 6.88. The number of carbonyl (C=O) groups is 1. The molecular weight excluding hydrogens is 324 g/mol. The minimum atomic E-state index is 0.172. The standard InChI is InChI=1S/C21H28N4O/c1-15(2)20-18(21(26)24-13-11-23(3)12-14-24)19(16-9-10-16)22-25(20)17-7-5-4-6-8-17/h4-8,15-16H,9-14H2,1-3H3. The van der Waals surface area contributed by atoms with E-state index < -0.39 is 0 Å². The van der Waals surface area contributed by atoms with Crippen LogP contribution in [0, 0.1) is 0 Å². The highest BCUT2D eigenvalue weighted by Gasteiger charge is 2.37. The Morgan fingerprint density at radius 1 is 1.08 bits per heavy atom. The van der Waals surface area contributed by atoms with Crippen LogP contribution in [0.3, 0.4) is 0 Å². The molecule has 26 heavy (non-hydrogen) atoms. The average molecular weight is 352 g/mol. The van der Waals surface area contributed by atoms with Gasteiger partial charge in [-0.15, -0.1) is 0 Å². The second-order valence-electron chi connectivity index (χ2n) is 7.92. The molecule has 1 aromatic carbocycles. The molecule has 1 aliphatic heterocycles. The van der Waals surface area contributed by atoms with Gasteiger partial charge in [-0.25, -0.2) is 4.68 Å². The van der Waals surface area contributed by atoms with Crippen molar-refractivity contribution in [3.63, 3.8) is 0 Å². The summed E-state index contributed by atoms with van der Waals surface area (Å²) in [7, 11) is 2.12. The number of amides is 1. The molecule has 0 bridgehead atoms. The lowest BCUT2D eigenvalue weighted by molar-refractivity contribution is 0.0661. The SMILES string of the molecule is CC(C)c1c(C(=O)N2CCN(C)CC2)c(C2CC2)nn1-c1ccccc1. The summed E-state index contributed by atoms with van der Waals surface area (Å²) in [5, 5.41) is 4.95. The molecule has 0 atom stereocenters. The van der Waals surface area contributed by atoms with Crippen LogP contribution in [0.4, 0.5) is 0 Å². The largest absolute Gasteiger partial charge is 0.336 e. The van der Waals surface area contributed by atoms with Crippen LogP contribution in [0.1, 0.15) is 60.3 Å². The molecule has 0 unspecified atom stereocenters. The van der Waals surface area contributed by atoms with Crippen molar-refractivity contribution < 1.29 is 4.79 Å². The highest BCUT2D eigenvalue weighted by atomic mass is 16.2. The van der Waals surface area contributed by atoms with Crippen LogP contribution in [0.25, 0.3) is 5.69 Å². The predicted octanol–water partition coefficient (Wildman–Crippen LogP) is 3.26. The second-order valence-corrected chi connectivity index (χ2v) is 7.92. The van der Waals surface area contributed by atoms with Crippen LogP contribution in [-0.2, 0) is 0 Å². The third-order valence-electron chi connectivity index (χ3n) is 5.46. The van der Waals surface area contributed by atoms with Crippen molar-refractivity contribution in [2.24, 2.45) is 0 Å². The number of hydrogen-bond donors (Lipinski definition) is 0. The van der Waals surface area contributed by atoms with Crippen molar-refractivity contribution in [1.82, 2.24) is 19.6 Å². The number of aromatic nitrogens is 2. The van der Waals surface area contributed by atoms with E-state index in [2.05, 4.69) is 37.9 Å². The quantitative estimate of drug-likeness (QED) is 0.848. The maximum atomic E-state index is 13.5. The van der Waals surface area contributed by atoms with Gasteiger partial charge in [0, 0.05) is 32.1 Å². The van der Waals surface area contributed by atoms with Crippen LogP contribution in [0.2, 0.25) is 0 Å². The van der Waals surface area contributed by atoms with Gasteiger partial charge >= 0.3 is 0 Å². The van der Waals surface area contributed by atoms with Crippen LogP contribution >= 0.6 is 0 Å². The molecule has 138 valence electrons. The normalized spacial score (nSPS) is 18.5. The summed E-state index contributed by atoms with van der Waals surface area (Å²) in [6.07, 6.45) is 2.29. The van der Waals surface area contributed by atoms with Gasteiger partial charge in [-0.2, -0.15) is 5.10 Å². The first kappa shape index (κ1) is 17.3. The van der Waals surface area contributed by atoms with Gasteiger partial charge in [-0.1, -0.05) is 32.0 Å². The van der Waals surface area contributed by atoms with Gasteiger partial charge in [0.1, 0.15) is 0 Å². The Kier molecular flexibility index (Phi) is 4.57. The van der Waals surface area contributed by atoms with Crippen LogP contribution < -0.4 is 0 Å². The third kappa shape index (κ3) is 3.16. The number of nitrogens with zero attached hydrogens (tertiary/aromatic N) is 4. The van der Waals surface area contributed by atoms with E-state index in [0.29, 0.717) is 5.92 Å². The van der Waals surface area contributed by atoms with Crippen molar-refractivity contribution in [2.45, 2.75) is 38.5 Å². The molecule has 2 aliphatic rings. The van der Waals surface area contributed by atoms with E-state index in [9.17, 15) is 4.79 Å². The Labute approximate surface area is 155 Å². The summed E-state index contributed by atoms with van der Waals surface area (Å²) in [6, 6.07) is 10.2. The highest BCUT2D eigenvalue weighted by molar-refractivity contribution is 5.97. The fourth-order valence-electron chi connectivity index (χ4n) is 3.78. The van der Waals surface area contributed by atoms with Crippen molar-refractivity contribution in [2.75, 3.05) is 33.2 Å². The van der Waals surface area contributed by atoms with E-state index in [4.69, 9.17) is 5.10 Å². The topological polar surface area (TPSA) is 41.4 Å². The van der Waals surface area contributed by atoms with Gasteiger partial charge < -0.3 is 9.80 Å². The number of hydrogen-bond acceptors (Lipinski definition) is 3. The lowest BCUT2D eigenvalue weighted by Gasteiger charge is -2.32. The summed E-state index contributed by atoms with van der Waals surface area (Å²) in [4.78, 5) is 17.8. The molecule has 1 aromatic heterocycles. The minimum Gasteiger partial charge on any atom is -0.336 e. The first-order chi connectivity index (χ1) is 12.6. The van der Waals surface area contributed by atoms with Gasteiger partial charge in [0.2, 0.25) is 0 Å².